The van der Waals surface area contributed by atoms with Crippen LogP contribution in [0.25, 0.3) is 38.8 Å². The van der Waals surface area contributed by atoms with Crippen molar-refractivity contribution >= 4 is 56.9 Å². The zero-order chi connectivity index (χ0) is 40.6. The first-order valence-electron chi connectivity index (χ1n) is 20.5. The number of allylic oxidation sites excluding steroid dienone is 4. The number of aromatic nitrogens is 2. The average molecular weight is 778 g/mol. The zero-order valence-electron chi connectivity index (χ0n) is 33.9. The van der Waals surface area contributed by atoms with Crippen molar-refractivity contribution in [1.82, 2.24) is 14.4 Å². The van der Waals surface area contributed by atoms with Crippen LogP contribution in [0.5, 0.6) is 11.5 Å². The highest BCUT2D eigenvalue weighted by molar-refractivity contribution is 6.68. The van der Waals surface area contributed by atoms with E-state index in [0.29, 0.717) is 0 Å². The molecule has 6 nitrogen and oxygen atoms in total. The Bertz CT molecular complexity index is 3010. The number of fused-ring (bicyclic) bond motifs is 4. The van der Waals surface area contributed by atoms with Gasteiger partial charge in [0.05, 0.1) is 22.4 Å². The molecule has 290 valence electrons. The topological polar surface area (TPSA) is 54.4 Å². The molecule has 4 heterocycles. The third kappa shape index (κ3) is 7.15. The lowest BCUT2D eigenvalue weighted by Gasteiger charge is -2.36. The fraction of sp³-hybridized carbons (Fsp3) is 0.0755. The second kappa shape index (κ2) is 15.3. The van der Waals surface area contributed by atoms with Gasteiger partial charge in [0.1, 0.15) is 23.1 Å². The van der Waals surface area contributed by atoms with Gasteiger partial charge in [0.25, 0.3) is 0 Å². The molecule has 6 aromatic carbocycles. The van der Waals surface area contributed by atoms with Crippen molar-refractivity contribution in [1.29, 1.82) is 0 Å². The maximum absolute atomic E-state index is 6.63. The van der Waals surface area contributed by atoms with Crippen LogP contribution in [0.2, 0.25) is 0 Å². The molecule has 10 rings (SSSR count). The van der Waals surface area contributed by atoms with Gasteiger partial charge in [0, 0.05) is 46.6 Å². The van der Waals surface area contributed by atoms with E-state index in [-0.39, 0.29) is 12.3 Å². The van der Waals surface area contributed by atoms with Crippen LogP contribution in [0, 0.1) is 0 Å². The number of pyridine rings is 1. The van der Waals surface area contributed by atoms with Gasteiger partial charge in [-0.1, -0.05) is 142 Å². The number of hydrogen-bond donors (Lipinski definition) is 2. The van der Waals surface area contributed by atoms with Gasteiger partial charge in [-0.3, -0.25) is 4.57 Å². The van der Waals surface area contributed by atoms with Gasteiger partial charge >= 0.3 is 6.85 Å². The van der Waals surface area contributed by atoms with E-state index in [2.05, 4.69) is 217 Å². The van der Waals surface area contributed by atoms with E-state index >= 15 is 0 Å². The van der Waals surface area contributed by atoms with E-state index in [9.17, 15) is 0 Å². The number of para-hydroxylation sites is 3. The first-order valence-corrected chi connectivity index (χ1v) is 20.5. The molecule has 60 heavy (non-hydrogen) atoms. The predicted molar refractivity (Wildman–Crippen MR) is 251 cm³/mol. The van der Waals surface area contributed by atoms with E-state index in [4.69, 9.17) is 9.72 Å². The summed E-state index contributed by atoms with van der Waals surface area (Å²) >= 11 is 0. The van der Waals surface area contributed by atoms with Crippen molar-refractivity contribution in [3.8, 4) is 17.3 Å². The minimum Gasteiger partial charge on any atom is -0.457 e. The number of anilines is 3. The summed E-state index contributed by atoms with van der Waals surface area (Å²) in [6.07, 6.45) is 8.62. The Morgan fingerprint density at radius 3 is 2.07 bits per heavy atom. The van der Waals surface area contributed by atoms with Crippen molar-refractivity contribution in [2.24, 2.45) is 0 Å². The molecule has 7 heteroatoms. The standard InChI is InChI=1S/C53H44BN5O/c1-53(2,3)40-29-32-55-51(33-40)59-49-24-13-10-21-45(49)46-26-25-43(35-50(46)59)60-42-20-14-19-41(34-42)56-47-22-11-12-23-48(47)57-52-44(38-17-8-5-9-18-38)28-31-54-30-27-39(36-58(52)54)37-15-6-4-7-16-37/h4-36,56-57H,1-3H3. The number of hydrogen-bond acceptors (Lipinski definition) is 5. The summed E-state index contributed by atoms with van der Waals surface area (Å²) in [6.45, 7) is 6.77. The van der Waals surface area contributed by atoms with Crippen LogP contribution in [0.3, 0.4) is 0 Å². The zero-order valence-corrected chi connectivity index (χ0v) is 33.9. The van der Waals surface area contributed by atoms with Crippen molar-refractivity contribution in [3.63, 3.8) is 0 Å². The highest BCUT2D eigenvalue weighted by Crippen LogP contribution is 2.38. The van der Waals surface area contributed by atoms with Crippen LogP contribution in [-0.4, -0.2) is 21.2 Å². The first kappa shape index (κ1) is 36.8. The van der Waals surface area contributed by atoms with Gasteiger partial charge in [-0.15, -0.1) is 0 Å². The smallest absolute Gasteiger partial charge is 0.314 e. The molecule has 0 aliphatic carbocycles. The Hall–Kier alpha value is -7.51. The highest BCUT2D eigenvalue weighted by atomic mass is 16.5. The second-order valence-electron chi connectivity index (χ2n) is 16.3. The maximum atomic E-state index is 6.63. The average Bonchev–Trinajstić information content (AvgIpc) is 3.61. The summed E-state index contributed by atoms with van der Waals surface area (Å²) in [5, 5.41) is 9.91. The molecule has 0 atom stereocenters. The summed E-state index contributed by atoms with van der Waals surface area (Å²) in [6, 6.07) is 56.7. The van der Waals surface area contributed by atoms with Crippen LogP contribution < -0.4 is 15.4 Å². The Labute approximate surface area is 351 Å². The summed E-state index contributed by atoms with van der Waals surface area (Å²) in [7, 11) is 0. The van der Waals surface area contributed by atoms with Gasteiger partial charge in [0.2, 0.25) is 0 Å². The molecule has 2 aliphatic rings. The Morgan fingerprint density at radius 1 is 0.583 bits per heavy atom. The molecule has 0 spiro atoms. The molecule has 0 radical (unpaired) electrons. The lowest BCUT2D eigenvalue weighted by atomic mass is 9.56. The first-order chi connectivity index (χ1) is 29.4. The predicted octanol–water partition coefficient (Wildman–Crippen LogP) is 13.3. The summed E-state index contributed by atoms with van der Waals surface area (Å²) in [4.78, 5) is 7.19. The molecule has 0 amide bonds. The number of nitrogens with one attached hydrogen (secondary N) is 2. The molecule has 0 saturated heterocycles. The van der Waals surface area contributed by atoms with Crippen molar-refractivity contribution in [3.05, 3.63) is 223 Å². The minimum atomic E-state index is -0.00609. The Balaban J connectivity index is 0.964. The van der Waals surface area contributed by atoms with Gasteiger partial charge in [0.15, 0.2) is 0 Å². The van der Waals surface area contributed by atoms with E-state index in [0.717, 1.165) is 73.3 Å². The van der Waals surface area contributed by atoms with Gasteiger partial charge in [-0.05, 0) is 82.3 Å². The number of benzene rings is 6. The van der Waals surface area contributed by atoms with Gasteiger partial charge in [-0.25, -0.2) is 4.98 Å². The molecule has 0 fully saturated rings. The van der Waals surface area contributed by atoms with Gasteiger partial charge < -0.3 is 20.2 Å². The maximum Gasteiger partial charge on any atom is 0.314 e. The molecule has 2 aromatic heterocycles. The Morgan fingerprint density at radius 2 is 1.27 bits per heavy atom. The molecule has 0 unspecified atom stereocenters. The van der Waals surface area contributed by atoms with E-state index in [1.54, 1.807) is 0 Å². The van der Waals surface area contributed by atoms with Crippen LogP contribution in [0.1, 0.15) is 37.5 Å². The third-order valence-electron chi connectivity index (χ3n) is 11.3. The fourth-order valence-corrected chi connectivity index (χ4v) is 8.17. The van der Waals surface area contributed by atoms with Crippen molar-refractivity contribution in [2.45, 2.75) is 26.2 Å². The molecule has 0 bridgehead atoms. The quantitative estimate of drug-likeness (QED) is 0.143. The normalized spacial score (nSPS) is 13.8. The monoisotopic (exact) mass is 777 g/mol. The molecular formula is C53H44BN5O. The van der Waals surface area contributed by atoms with E-state index < -0.39 is 0 Å². The molecule has 8 aromatic rings. The summed E-state index contributed by atoms with van der Waals surface area (Å²) < 4.78 is 8.87. The summed E-state index contributed by atoms with van der Waals surface area (Å²) in [5.74, 6) is 7.89. The minimum absolute atomic E-state index is 0.00609. The molecule has 0 saturated carbocycles. The van der Waals surface area contributed by atoms with Crippen LogP contribution in [0.4, 0.5) is 17.1 Å². The number of ether oxygens (including phenoxy) is 1. The molecule has 2 N–H and O–H groups in total. The van der Waals surface area contributed by atoms with E-state index in [1.807, 2.05) is 24.4 Å². The number of rotatable bonds is 9. The molecular weight excluding hydrogens is 733 g/mol. The van der Waals surface area contributed by atoms with Gasteiger partial charge in [-0.2, -0.15) is 0 Å². The SMILES string of the molecule is CC(C)(C)c1ccnc(-n2c3ccccc3c3ccc(Oc4cccc(Nc5ccccc5NC5=C(c6ccccc6)C=CB6C=CC(c7ccccc7)=CN65)c4)cc32)c1. The van der Waals surface area contributed by atoms with Crippen LogP contribution >= 0.6 is 0 Å². The fourth-order valence-electron chi connectivity index (χ4n) is 8.17. The Kier molecular flexibility index (Phi) is 9.42. The van der Waals surface area contributed by atoms with Crippen molar-refractivity contribution in [2.75, 3.05) is 10.6 Å². The van der Waals surface area contributed by atoms with E-state index in [1.165, 1.54) is 16.5 Å². The summed E-state index contributed by atoms with van der Waals surface area (Å²) in [5.41, 5.74) is 10.8. The lowest BCUT2D eigenvalue weighted by molar-refractivity contribution is 0.483. The number of nitrogens with zero attached hydrogens (tertiary/aromatic N) is 3. The largest absolute Gasteiger partial charge is 0.457 e. The second-order valence-corrected chi connectivity index (χ2v) is 16.3. The molecule has 2 aliphatic heterocycles. The van der Waals surface area contributed by atoms with Crippen LogP contribution in [0.15, 0.2) is 206 Å². The highest BCUT2D eigenvalue weighted by Gasteiger charge is 2.29. The lowest BCUT2D eigenvalue weighted by Crippen LogP contribution is -2.39. The third-order valence-corrected chi connectivity index (χ3v) is 11.3. The van der Waals surface area contributed by atoms with Crippen molar-refractivity contribution < 1.29 is 4.74 Å². The van der Waals surface area contributed by atoms with Crippen LogP contribution in [-0.2, 0) is 5.41 Å².